The highest BCUT2D eigenvalue weighted by molar-refractivity contribution is 6.36. The van der Waals surface area contributed by atoms with Crippen LogP contribution in [0, 0.1) is 10.1 Å². The Morgan fingerprint density at radius 2 is 1.76 bits per heavy atom. The summed E-state index contributed by atoms with van der Waals surface area (Å²) in [5, 5.41) is 15.1. The summed E-state index contributed by atoms with van der Waals surface area (Å²) in [5.74, 6) is -0.829. The fourth-order valence-electron chi connectivity index (χ4n) is 2.62. The van der Waals surface area contributed by atoms with E-state index in [1.54, 1.807) is 12.1 Å². The second-order valence-corrected chi connectivity index (χ2v) is 7.27. The number of benzene rings is 3. The molecule has 0 saturated carbocycles. The largest absolute Gasteiger partial charge is 0.493 e. The van der Waals surface area contributed by atoms with Crippen LogP contribution in [-0.4, -0.2) is 30.1 Å². The van der Waals surface area contributed by atoms with Gasteiger partial charge in [-0.2, -0.15) is 5.10 Å². The number of rotatable bonds is 7. The van der Waals surface area contributed by atoms with Gasteiger partial charge < -0.3 is 9.47 Å². The molecular formula is C22H15Cl2N3O6. The van der Waals surface area contributed by atoms with Gasteiger partial charge in [0.25, 0.3) is 11.6 Å². The molecule has 0 fully saturated rings. The van der Waals surface area contributed by atoms with Crippen LogP contribution in [-0.2, 0) is 0 Å². The maximum Gasteiger partial charge on any atom is 0.345 e. The predicted octanol–water partition coefficient (Wildman–Crippen LogP) is 4.89. The van der Waals surface area contributed by atoms with Crippen LogP contribution in [0.25, 0.3) is 0 Å². The molecule has 0 saturated heterocycles. The lowest BCUT2D eigenvalue weighted by atomic mass is 10.2. The topological polar surface area (TPSA) is 120 Å². The summed E-state index contributed by atoms with van der Waals surface area (Å²) in [5.41, 5.74) is 3.09. The maximum absolute atomic E-state index is 12.4. The highest BCUT2D eigenvalue weighted by atomic mass is 35.5. The van der Waals surface area contributed by atoms with E-state index >= 15 is 0 Å². The Kier molecular flexibility index (Phi) is 7.60. The van der Waals surface area contributed by atoms with Crippen molar-refractivity contribution in [2.45, 2.75) is 0 Å². The van der Waals surface area contributed by atoms with Gasteiger partial charge in [-0.25, -0.2) is 10.2 Å². The number of amides is 1. The normalized spacial score (nSPS) is 10.6. The van der Waals surface area contributed by atoms with E-state index in [9.17, 15) is 19.7 Å². The second kappa shape index (κ2) is 10.6. The molecule has 0 aliphatic heterocycles. The van der Waals surface area contributed by atoms with Crippen molar-refractivity contribution in [3.8, 4) is 11.5 Å². The summed E-state index contributed by atoms with van der Waals surface area (Å²) >= 11 is 11.9. The molecule has 0 bridgehead atoms. The first-order valence-electron chi connectivity index (χ1n) is 9.21. The number of hydrogen-bond donors (Lipinski definition) is 1. The van der Waals surface area contributed by atoms with E-state index in [4.69, 9.17) is 32.7 Å². The summed E-state index contributed by atoms with van der Waals surface area (Å²) in [6.07, 6.45) is 1.35. The third-order valence-electron chi connectivity index (χ3n) is 4.26. The van der Waals surface area contributed by atoms with Crippen molar-refractivity contribution in [3.05, 3.63) is 97.5 Å². The molecule has 11 heteroatoms. The van der Waals surface area contributed by atoms with Gasteiger partial charge in [0.1, 0.15) is 0 Å². The number of carbonyl (C=O) groups is 2. The third-order valence-corrected chi connectivity index (χ3v) is 4.81. The summed E-state index contributed by atoms with van der Waals surface area (Å²) in [6.45, 7) is 0. The zero-order valence-electron chi connectivity index (χ0n) is 17.0. The molecule has 0 aliphatic rings. The van der Waals surface area contributed by atoms with Crippen LogP contribution in [0.3, 0.4) is 0 Å². The molecule has 0 heterocycles. The van der Waals surface area contributed by atoms with Gasteiger partial charge in [0.05, 0.1) is 28.8 Å². The van der Waals surface area contributed by atoms with Crippen LogP contribution in [0.2, 0.25) is 10.0 Å². The Labute approximate surface area is 197 Å². The number of nitrogens with one attached hydrogen (secondary N) is 1. The van der Waals surface area contributed by atoms with Gasteiger partial charge in [-0.15, -0.1) is 0 Å². The van der Waals surface area contributed by atoms with E-state index in [-0.39, 0.29) is 33.3 Å². The molecule has 0 atom stereocenters. The highest BCUT2D eigenvalue weighted by Crippen LogP contribution is 2.30. The van der Waals surface area contributed by atoms with Crippen molar-refractivity contribution in [2.75, 3.05) is 7.11 Å². The van der Waals surface area contributed by atoms with E-state index in [0.717, 1.165) is 0 Å². The lowest BCUT2D eigenvalue weighted by Gasteiger charge is -2.10. The minimum absolute atomic E-state index is 0.124. The van der Waals surface area contributed by atoms with Crippen LogP contribution in [0.1, 0.15) is 26.3 Å². The first-order chi connectivity index (χ1) is 15.8. The standard InChI is InChI=1S/C22H15Cl2N3O6/c1-32-20-10-13(12-25-26-21(28)14-3-6-16(7-4-14)27(30)31)2-9-19(20)33-22(29)17-8-5-15(23)11-18(17)24/h2-12H,1H3,(H,26,28). The molecule has 3 rings (SSSR count). The first kappa shape index (κ1) is 23.7. The Balaban J connectivity index is 1.67. The summed E-state index contributed by atoms with van der Waals surface area (Å²) in [4.78, 5) is 34.6. The van der Waals surface area contributed by atoms with Crippen molar-refractivity contribution in [2.24, 2.45) is 5.10 Å². The van der Waals surface area contributed by atoms with Crippen molar-refractivity contribution < 1.29 is 24.0 Å². The number of halogens is 2. The minimum Gasteiger partial charge on any atom is -0.493 e. The zero-order chi connectivity index (χ0) is 24.0. The summed E-state index contributed by atoms with van der Waals surface area (Å²) < 4.78 is 10.6. The van der Waals surface area contributed by atoms with E-state index in [2.05, 4.69) is 10.5 Å². The molecule has 0 unspecified atom stereocenters. The summed E-state index contributed by atoms with van der Waals surface area (Å²) in [7, 11) is 1.40. The number of carbonyl (C=O) groups excluding carboxylic acids is 2. The molecule has 33 heavy (non-hydrogen) atoms. The van der Waals surface area contributed by atoms with Gasteiger partial charge >= 0.3 is 5.97 Å². The van der Waals surface area contributed by atoms with E-state index < -0.39 is 16.8 Å². The number of nitrogens with zero attached hydrogens (tertiary/aromatic N) is 2. The lowest BCUT2D eigenvalue weighted by Crippen LogP contribution is -2.17. The Hall–Kier alpha value is -3.95. The second-order valence-electron chi connectivity index (χ2n) is 6.43. The smallest absolute Gasteiger partial charge is 0.345 e. The molecule has 3 aromatic carbocycles. The average Bonchev–Trinajstić information content (AvgIpc) is 2.79. The average molecular weight is 488 g/mol. The zero-order valence-corrected chi connectivity index (χ0v) is 18.5. The van der Waals surface area contributed by atoms with Crippen molar-refractivity contribution in [3.63, 3.8) is 0 Å². The van der Waals surface area contributed by atoms with Crippen molar-refractivity contribution in [1.82, 2.24) is 5.43 Å². The Morgan fingerprint density at radius 3 is 2.39 bits per heavy atom. The van der Waals surface area contributed by atoms with Crippen LogP contribution in [0.15, 0.2) is 65.8 Å². The fraction of sp³-hybridized carbons (Fsp3) is 0.0455. The number of non-ortho nitro benzene ring substituents is 1. The number of nitro groups is 1. The minimum atomic E-state index is -0.688. The number of nitro benzene ring substituents is 1. The van der Waals surface area contributed by atoms with E-state index in [0.29, 0.717) is 10.6 Å². The molecule has 3 aromatic rings. The van der Waals surface area contributed by atoms with Crippen molar-refractivity contribution >= 4 is 47.0 Å². The van der Waals surface area contributed by atoms with Gasteiger partial charge in [-0.1, -0.05) is 23.2 Å². The molecule has 0 spiro atoms. The van der Waals surface area contributed by atoms with Crippen LogP contribution >= 0.6 is 23.2 Å². The van der Waals surface area contributed by atoms with E-state index in [1.807, 2.05) is 0 Å². The van der Waals surface area contributed by atoms with Crippen LogP contribution in [0.4, 0.5) is 5.69 Å². The SMILES string of the molecule is COc1cc(C=NNC(=O)c2ccc([N+](=O)[O-])cc2)ccc1OC(=O)c1ccc(Cl)cc1Cl. The molecular weight excluding hydrogens is 473 g/mol. The van der Waals surface area contributed by atoms with Gasteiger partial charge in [0.15, 0.2) is 11.5 Å². The fourth-order valence-corrected chi connectivity index (χ4v) is 3.11. The van der Waals surface area contributed by atoms with Gasteiger partial charge in [-0.05, 0) is 54.1 Å². The molecule has 1 N–H and O–H groups in total. The van der Waals surface area contributed by atoms with Crippen LogP contribution < -0.4 is 14.9 Å². The van der Waals surface area contributed by atoms with E-state index in [1.165, 1.54) is 61.9 Å². The highest BCUT2D eigenvalue weighted by Gasteiger charge is 2.16. The predicted molar refractivity (Wildman–Crippen MR) is 123 cm³/mol. The summed E-state index contributed by atoms with van der Waals surface area (Å²) in [6, 6.07) is 14.1. The molecule has 0 aliphatic carbocycles. The Morgan fingerprint density at radius 1 is 1.03 bits per heavy atom. The monoisotopic (exact) mass is 487 g/mol. The molecule has 1 amide bonds. The number of esters is 1. The lowest BCUT2D eigenvalue weighted by molar-refractivity contribution is -0.384. The number of hydrogen-bond acceptors (Lipinski definition) is 7. The number of ether oxygens (including phenoxy) is 2. The maximum atomic E-state index is 12.4. The van der Waals surface area contributed by atoms with Gasteiger partial charge in [0.2, 0.25) is 0 Å². The van der Waals surface area contributed by atoms with Crippen LogP contribution in [0.5, 0.6) is 11.5 Å². The molecule has 0 aromatic heterocycles. The molecule has 168 valence electrons. The Bertz CT molecular complexity index is 1250. The van der Waals surface area contributed by atoms with Gasteiger partial charge in [0, 0.05) is 22.7 Å². The molecule has 0 radical (unpaired) electrons. The first-order valence-corrected chi connectivity index (χ1v) is 9.97. The number of methoxy groups -OCH3 is 1. The van der Waals surface area contributed by atoms with Gasteiger partial charge in [-0.3, -0.25) is 14.9 Å². The molecule has 9 nitrogen and oxygen atoms in total. The quantitative estimate of drug-likeness (QED) is 0.166. The third kappa shape index (κ3) is 6.06. The van der Waals surface area contributed by atoms with Crippen molar-refractivity contribution in [1.29, 1.82) is 0 Å². The number of hydrazone groups is 1.